The second kappa shape index (κ2) is 10.9. The third-order valence-electron chi connectivity index (χ3n) is 4.08. The van der Waals surface area contributed by atoms with Gasteiger partial charge in [-0.2, -0.15) is 0 Å². The first-order valence-corrected chi connectivity index (χ1v) is 9.09. The Morgan fingerprint density at radius 2 is 1.78 bits per heavy atom. The van der Waals surface area contributed by atoms with E-state index in [1.807, 2.05) is 61.5 Å². The van der Waals surface area contributed by atoms with Crippen LogP contribution in [-0.4, -0.2) is 29.8 Å². The molecule has 0 spiro atoms. The Balaban J connectivity index is 1.93. The van der Waals surface area contributed by atoms with Gasteiger partial charge in [-0.25, -0.2) is 4.79 Å². The number of para-hydroxylation sites is 1. The number of carboxylic acids is 1. The Labute approximate surface area is 159 Å². The lowest BCUT2D eigenvalue weighted by Crippen LogP contribution is -2.43. The Morgan fingerprint density at radius 1 is 1.07 bits per heavy atom. The van der Waals surface area contributed by atoms with Crippen molar-refractivity contribution in [1.82, 2.24) is 10.6 Å². The van der Waals surface area contributed by atoms with Crippen LogP contribution in [0.2, 0.25) is 0 Å². The number of carbonyl (C=O) groups is 2. The Kier molecular flexibility index (Phi) is 8.16. The molecule has 2 rings (SSSR count). The molecule has 2 amide bonds. The van der Waals surface area contributed by atoms with Crippen LogP contribution in [0.15, 0.2) is 54.6 Å². The molecule has 0 saturated carbocycles. The van der Waals surface area contributed by atoms with E-state index in [0.717, 1.165) is 16.9 Å². The zero-order valence-electron chi connectivity index (χ0n) is 15.5. The number of ether oxygens (including phenoxy) is 1. The number of nitrogens with one attached hydrogen (secondary N) is 2. The first-order chi connectivity index (χ1) is 13.1. The number of hydrogen-bond acceptors (Lipinski definition) is 3. The second-order valence-corrected chi connectivity index (χ2v) is 6.19. The summed E-state index contributed by atoms with van der Waals surface area (Å²) in [6.07, 6.45) is 0.954. The summed E-state index contributed by atoms with van der Waals surface area (Å²) < 4.78 is 5.56. The fourth-order valence-corrected chi connectivity index (χ4v) is 2.78. The molecule has 2 aromatic rings. The van der Waals surface area contributed by atoms with E-state index in [1.54, 1.807) is 0 Å². The van der Waals surface area contributed by atoms with E-state index in [-0.39, 0.29) is 18.5 Å². The maximum atomic E-state index is 12.3. The largest absolute Gasteiger partial charge is 0.494 e. The summed E-state index contributed by atoms with van der Waals surface area (Å²) >= 11 is 0. The van der Waals surface area contributed by atoms with Crippen LogP contribution >= 0.6 is 0 Å². The van der Waals surface area contributed by atoms with Gasteiger partial charge in [0, 0.05) is 24.6 Å². The normalized spacial score (nSPS) is 11.4. The molecular weight excluding hydrogens is 344 g/mol. The van der Waals surface area contributed by atoms with Gasteiger partial charge >= 0.3 is 12.0 Å². The molecule has 0 saturated heterocycles. The lowest BCUT2D eigenvalue weighted by atomic mass is 10.0. The van der Waals surface area contributed by atoms with Gasteiger partial charge < -0.3 is 20.5 Å². The lowest BCUT2D eigenvalue weighted by Gasteiger charge is -2.19. The zero-order valence-corrected chi connectivity index (χ0v) is 15.5. The van der Waals surface area contributed by atoms with Crippen molar-refractivity contribution < 1.29 is 19.4 Å². The van der Waals surface area contributed by atoms with Crippen molar-refractivity contribution in [2.75, 3.05) is 6.61 Å². The summed E-state index contributed by atoms with van der Waals surface area (Å²) in [7, 11) is 0. The van der Waals surface area contributed by atoms with E-state index in [1.165, 1.54) is 0 Å². The van der Waals surface area contributed by atoms with Gasteiger partial charge in [-0.3, -0.25) is 4.79 Å². The highest BCUT2D eigenvalue weighted by molar-refractivity contribution is 5.74. The van der Waals surface area contributed by atoms with E-state index >= 15 is 0 Å². The minimum absolute atomic E-state index is 0.00491. The molecule has 1 unspecified atom stereocenters. The van der Waals surface area contributed by atoms with E-state index in [4.69, 9.17) is 9.84 Å². The van der Waals surface area contributed by atoms with Crippen LogP contribution in [0.1, 0.15) is 30.9 Å². The monoisotopic (exact) mass is 370 g/mol. The number of carbonyl (C=O) groups excluding carboxylic acids is 1. The molecular formula is C21H26N2O4. The fraction of sp³-hybridized carbons (Fsp3) is 0.333. The molecule has 144 valence electrons. The molecule has 1 atom stereocenters. The Morgan fingerprint density at radius 3 is 2.48 bits per heavy atom. The predicted octanol–water partition coefficient (Wildman–Crippen LogP) is 3.36. The number of urea groups is 1. The van der Waals surface area contributed by atoms with Crippen molar-refractivity contribution in [3.05, 3.63) is 65.7 Å². The minimum atomic E-state index is -0.874. The number of rotatable bonds is 10. The van der Waals surface area contributed by atoms with Crippen LogP contribution < -0.4 is 15.4 Å². The molecule has 0 aliphatic rings. The van der Waals surface area contributed by atoms with Crippen molar-refractivity contribution in [1.29, 1.82) is 0 Å². The summed E-state index contributed by atoms with van der Waals surface area (Å²) in [6, 6.07) is 16.7. The standard InChI is InChI=1S/C21H26N2O4/c1-2-27-19-11-7-6-10-17(19)15-22-21(26)23-18(12-13-20(24)25)14-16-8-4-3-5-9-16/h3-11,18H,2,12-15H2,1H3,(H,24,25)(H2,22,23,26). The van der Waals surface area contributed by atoms with Gasteiger partial charge in [0.05, 0.1) is 6.61 Å². The van der Waals surface area contributed by atoms with Crippen LogP contribution in [0.4, 0.5) is 4.79 Å². The summed E-state index contributed by atoms with van der Waals surface area (Å²) in [5, 5.41) is 14.7. The van der Waals surface area contributed by atoms with Gasteiger partial charge in [-0.05, 0) is 31.4 Å². The molecule has 6 heteroatoms. The maximum absolute atomic E-state index is 12.3. The number of aliphatic carboxylic acids is 1. The van der Waals surface area contributed by atoms with Gasteiger partial charge in [0.25, 0.3) is 0 Å². The van der Waals surface area contributed by atoms with E-state index in [0.29, 0.717) is 26.0 Å². The molecule has 2 aromatic carbocycles. The summed E-state index contributed by atoms with van der Waals surface area (Å²) in [5.74, 6) is -0.132. The molecule has 0 radical (unpaired) electrons. The van der Waals surface area contributed by atoms with Crippen LogP contribution in [0.25, 0.3) is 0 Å². The van der Waals surface area contributed by atoms with Crippen molar-refractivity contribution in [3.63, 3.8) is 0 Å². The quantitative estimate of drug-likeness (QED) is 0.598. The average molecular weight is 370 g/mol. The van der Waals surface area contributed by atoms with Gasteiger partial charge in [-0.1, -0.05) is 48.5 Å². The van der Waals surface area contributed by atoms with Crippen LogP contribution in [0.5, 0.6) is 5.75 Å². The van der Waals surface area contributed by atoms with Gasteiger partial charge in [0.1, 0.15) is 5.75 Å². The number of hydrogen-bond donors (Lipinski definition) is 3. The fourth-order valence-electron chi connectivity index (χ4n) is 2.78. The highest BCUT2D eigenvalue weighted by atomic mass is 16.5. The molecule has 6 nitrogen and oxygen atoms in total. The summed E-state index contributed by atoms with van der Waals surface area (Å²) in [6.45, 7) is 2.80. The van der Waals surface area contributed by atoms with E-state index in [9.17, 15) is 9.59 Å². The summed E-state index contributed by atoms with van der Waals surface area (Å²) in [4.78, 5) is 23.2. The Bertz CT molecular complexity index is 734. The topological polar surface area (TPSA) is 87.7 Å². The molecule has 0 fully saturated rings. The van der Waals surface area contributed by atoms with Crippen molar-refractivity contribution in [2.24, 2.45) is 0 Å². The lowest BCUT2D eigenvalue weighted by molar-refractivity contribution is -0.137. The highest BCUT2D eigenvalue weighted by Crippen LogP contribution is 2.17. The predicted molar refractivity (Wildman–Crippen MR) is 104 cm³/mol. The molecule has 0 heterocycles. The molecule has 0 aliphatic heterocycles. The van der Waals surface area contributed by atoms with Crippen molar-refractivity contribution in [3.8, 4) is 5.75 Å². The second-order valence-electron chi connectivity index (χ2n) is 6.19. The van der Waals surface area contributed by atoms with Crippen LogP contribution in [0, 0.1) is 0 Å². The maximum Gasteiger partial charge on any atom is 0.315 e. The highest BCUT2D eigenvalue weighted by Gasteiger charge is 2.15. The molecule has 0 aromatic heterocycles. The molecule has 0 aliphatic carbocycles. The smallest absolute Gasteiger partial charge is 0.315 e. The van der Waals surface area contributed by atoms with E-state index in [2.05, 4.69) is 10.6 Å². The van der Waals surface area contributed by atoms with Crippen molar-refractivity contribution in [2.45, 2.75) is 38.8 Å². The third kappa shape index (κ3) is 7.40. The van der Waals surface area contributed by atoms with Crippen LogP contribution in [-0.2, 0) is 17.8 Å². The molecule has 0 bridgehead atoms. The molecule has 3 N–H and O–H groups in total. The SMILES string of the molecule is CCOc1ccccc1CNC(=O)NC(CCC(=O)O)Cc1ccccc1. The first-order valence-electron chi connectivity index (χ1n) is 9.09. The number of carboxylic acid groups (broad SMARTS) is 1. The van der Waals surface area contributed by atoms with Gasteiger partial charge in [0.15, 0.2) is 0 Å². The Hall–Kier alpha value is -3.02. The number of amides is 2. The average Bonchev–Trinajstić information content (AvgIpc) is 2.66. The first kappa shape index (κ1) is 20.3. The van der Waals surface area contributed by atoms with Crippen molar-refractivity contribution >= 4 is 12.0 Å². The zero-order chi connectivity index (χ0) is 19.5. The number of benzene rings is 2. The van der Waals surface area contributed by atoms with Gasteiger partial charge in [0.2, 0.25) is 0 Å². The van der Waals surface area contributed by atoms with E-state index < -0.39 is 5.97 Å². The molecule has 27 heavy (non-hydrogen) atoms. The van der Waals surface area contributed by atoms with Gasteiger partial charge in [-0.15, -0.1) is 0 Å². The summed E-state index contributed by atoms with van der Waals surface area (Å²) in [5.41, 5.74) is 1.94. The van der Waals surface area contributed by atoms with Crippen LogP contribution in [0.3, 0.4) is 0 Å². The minimum Gasteiger partial charge on any atom is -0.494 e. The third-order valence-corrected chi connectivity index (χ3v) is 4.08.